The van der Waals surface area contributed by atoms with Gasteiger partial charge in [-0.2, -0.15) is 5.10 Å². The third kappa shape index (κ3) is 4.18. The average molecular weight is 342 g/mol. The van der Waals surface area contributed by atoms with E-state index in [0.29, 0.717) is 0 Å². The van der Waals surface area contributed by atoms with Gasteiger partial charge in [-0.25, -0.2) is 18.3 Å². The van der Waals surface area contributed by atoms with Gasteiger partial charge in [-0.05, 0) is 47.6 Å². The molecule has 0 bridgehead atoms. The summed E-state index contributed by atoms with van der Waals surface area (Å²) in [6.07, 6.45) is 12.7. The van der Waals surface area contributed by atoms with E-state index >= 15 is 0 Å². The standard InChI is InChI=1S/C19H30N6/c1-18(2,3)24-9-7-22(14-24)12-16-11-17(21-20-16)13-23-8-10-25(15-23)19(4,5)6/h7-11,14-15H,12-13H2,1-6H3,(H,20,21)/q+2. The summed E-state index contributed by atoms with van der Waals surface area (Å²) in [5, 5.41) is 7.62. The Hall–Kier alpha value is -2.37. The molecule has 134 valence electrons. The summed E-state index contributed by atoms with van der Waals surface area (Å²) in [7, 11) is 0. The average Bonchev–Trinajstić information content (AvgIpc) is 3.19. The predicted molar refractivity (Wildman–Crippen MR) is 96.0 cm³/mol. The molecular formula is C19H30N6+2. The number of H-pyrrole nitrogens is 1. The van der Waals surface area contributed by atoms with Gasteiger partial charge in [-0.3, -0.25) is 5.10 Å². The number of rotatable bonds is 4. The number of hydrogen-bond acceptors (Lipinski definition) is 1. The summed E-state index contributed by atoms with van der Waals surface area (Å²) in [5.41, 5.74) is 2.35. The molecular weight excluding hydrogens is 312 g/mol. The molecule has 0 fully saturated rings. The number of nitrogens with one attached hydrogen (secondary N) is 1. The van der Waals surface area contributed by atoms with Crippen LogP contribution >= 0.6 is 0 Å². The molecule has 6 nitrogen and oxygen atoms in total. The minimum Gasteiger partial charge on any atom is -0.278 e. The molecule has 0 aliphatic rings. The largest absolute Gasteiger partial charge is 0.278 e. The highest BCUT2D eigenvalue weighted by Crippen LogP contribution is 2.12. The number of hydrogen-bond donors (Lipinski definition) is 1. The van der Waals surface area contributed by atoms with Crippen molar-refractivity contribution in [3.05, 3.63) is 54.9 Å². The van der Waals surface area contributed by atoms with Gasteiger partial charge < -0.3 is 0 Å². The Morgan fingerprint density at radius 3 is 1.88 bits per heavy atom. The van der Waals surface area contributed by atoms with E-state index in [0.717, 1.165) is 24.5 Å². The van der Waals surface area contributed by atoms with Gasteiger partial charge in [0.1, 0.15) is 54.6 Å². The molecule has 1 N–H and O–H groups in total. The summed E-state index contributed by atoms with van der Waals surface area (Å²) in [6, 6.07) is 2.14. The maximum absolute atomic E-state index is 4.46. The maximum atomic E-state index is 4.46. The van der Waals surface area contributed by atoms with Crippen molar-refractivity contribution in [2.24, 2.45) is 0 Å². The lowest BCUT2D eigenvalue weighted by atomic mass is 10.1. The van der Waals surface area contributed by atoms with Crippen molar-refractivity contribution >= 4 is 0 Å². The number of nitrogens with zero attached hydrogens (tertiary/aromatic N) is 5. The van der Waals surface area contributed by atoms with E-state index < -0.39 is 0 Å². The molecule has 0 unspecified atom stereocenters. The topological polar surface area (TPSA) is 46.3 Å². The second-order valence-electron chi connectivity index (χ2n) is 8.71. The molecule has 0 saturated carbocycles. The number of aromatic amines is 1. The van der Waals surface area contributed by atoms with Crippen molar-refractivity contribution in [2.45, 2.75) is 65.7 Å². The van der Waals surface area contributed by atoms with E-state index in [2.05, 4.69) is 114 Å². The Kier molecular flexibility index (Phi) is 4.31. The van der Waals surface area contributed by atoms with E-state index in [-0.39, 0.29) is 11.1 Å². The van der Waals surface area contributed by atoms with E-state index in [1.165, 1.54) is 0 Å². The SMILES string of the molecule is CC(C)(C)n1cc[n+](Cc2cc(C[n+]3ccn(C(C)(C)C)c3)[nH]n2)c1. The van der Waals surface area contributed by atoms with Crippen LogP contribution in [0.4, 0.5) is 0 Å². The molecule has 3 aromatic heterocycles. The van der Waals surface area contributed by atoms with Crippen molar-refractivity contribution in [2.75, 3.05) is 0 Å². The third-order valence-corrected chi connectivity index (χ3v) is 4.31. The van der Waals surface area contributed by atoms with Crippen LogP contribution in [0.25, 0.3) is 0 Å². The van der Waals surface area contributed by atoms with E-state index in [1.807, 2.05) is 0 Å². The molecule has 0 aliphatic heterocycles. The van der Waals surface area contributed by atoms with Crippen LogP contribution < -0.4 is 9.13 Å². The normalized spacial score (nSPS) is 12.7. The Balaban J connectivity index is 1.66. The fourth-order valence-electron chi connectivity index (χ4n) is 2.72. The van der Waals surface area contributed by atoms with Crippen molar-refractivity contribution < 1.29 is 9.13 Å². The van der Waals surface area contributed by atoms with Crippen LogP contribution in [0, 0.1) is 0 Å². The first-order valence-corrected chi connectivity index (χ1v) is 8.79. The fraction of sp³-hybridized carbons (Fsp3) is 0.526. The fourth-order valence-corrected chi connectivity index (χ4v) is 2.72. The summed E-state index contributed by atoms with van der Waals surface area (Å²) in [5.74, 6) is 0. The van der Waals surface area contributed by atoms with Gasteiger partial charge in [0.05, 0.1) is 5.69 Å². The molecule has 0 radical (unpaired) electrons. The lowest BCUT2D eigenvalue weighted by Gasteiger charge is -2.13. The predicted octanol–water partition coefficient (Wildman–Crippen LogP) is 2.19. The molecule has 0 saturated heterocycles. The van der Waals surface area contributed by atoms with Crippen LogP contribution in [-0.2, 0) is 24.2 Å². The molecule has 6 heteroatoms. The minimum atomic E-state index is 0.0961. The first kappa shape index (κ1) is 17.5. The van der Waals surface area contributed by atoms with Gasteiger partial charge in [0.25, 0.3) is 0 Å². The monoisotopic (exact) mass is 342 g/mol. The Morgan fingerprint density at radius 1 is 0.880 bits per heavy atom. The second kappa shape index (κ2) is 6.17. The maximum Gasteiger partial charge on any atom is 0.244 e. The Bertz CT molecular complexity index is 769. The second-order valence-corrected chi connectivity index (χ2v) is 8.71. The van der Waals surface area contributed by atoms with Gasteiger partial charge in [0.15, 0.2) is 0 Å². The molecule has 0 aromatic carbocycles. The molecule has 3 heterocycles. The van der Waals surface area contributed by atoms with Crippen LogP contribution in [-0.4, -0.2) is 19.3 Å². The highest BCUT2D eigenvalue weighted by atomic mass is 15.2. The Morgan fingerprint density at radius 2 is 1.40 bits per heavy atom. The van der Waals surface area contributed by atoms with Crippen molar-refractivity contribution in [3.8, 4) is 0 Å². The summed E-state index contributed by atoms with van der Waals surface area (Å²) in [4.78, 5) is 0. The minimum absolute atomic E-state index is 0.0961. The van der Waals surface area contributed by atoms with Crippen molar-refractivity contribution in [3.63, 3.8) is 0 Å². The highest BCUT2D eigenvalue weighted by Gasteiger charge is 2.20. The first-order chi connectivity index (χ1) is 11.6. The van der Waals surface area contributed by atoms with E-state index in [1.54, 1.807) is 0 Å². The van der Waals surface area contributed by atoms with Gasteiger partial charge in [-0.15, -0.1) is 0 Å². The van der Waals surface area contributed by atoms with Crippen LogP contribution in [0.3, 0.4) is 0 Å². The van der Waals surface area contributed by atoms with Crippen molar-refractivity contribution in [1.82, 2.24) is 19.3 Å². The van der Waals surface area contributed by atoms with Gasteiger partial charge in [0, 0.05) is 0 Å². The molecule has 0 spiro atoms. The van der Waals surface area contributed by atoms with Crippen LogP contribution in [0.2, 0.25) is 0 Å². The van der Waals surface area contributed by atoms with Crippen LogP contribution in [0.1, 0.15) is 52.9 Å². The molecule has 3 aromatic rings. The molecule has 0 aliphatic carbocycles. The van der Waals surface area contributed by atoms with Gasteiger partial charge in [0.2, 0.25) is 12.7 Å². The lowest BCUT2D eigenvalue weighted by Crippen LogP contribution is -2.33. The number of imidazole rings is 2. The first-order valence-electron chi connectivity index (χ1n) is 8.79. The van der Waals surface area contributed by atoms with E-state index in [9.17, 15) is 0 Å². The molecule has 25 heavy (non-hydrogen) atoms. The summed E-state index contributed by atoms with van der Waals surface area (Å²) >= 11 is 0. The summed E-state index contributed by atoms with van der Waals surface area (Å²) in [6.45, 7) is 14.8. The summed E-state index contributed by atoms with van der Waals surface area (Å²) < 4.78 is 8.77. The lowest BCUT2D eigenvalue weighted by molar-refractivity contribution is -0.689. The zero-order valence-corrected chi connectivity index (χ0v) is 16.2. The zero-order chi connectivity index (χ0) is 18.2. The number of aromatic nitrogens is 6. The zero-order valence-electron chi connectivity index (χ0n) is 16.2. The highest BCUT2D eigenvalue weighted by molar-refractivity contribution is 5.06. The molecule has 0 amide bonds. The smallest absolute Gasteiger partial charge is 0.244 e. The van der Waals surface area contributed by atoms with Crippen LogP contribution in [0.5, 0.6) is 0 Å². The van der Waals surface area contributed by atoms with Gasteiger partial charge >= 0.3 is 0 Å². The van der Waals surface area contributed by atoms with Gasteiger partial charge in [-0.1, -0.05) is 0 Å². The van der Waals surface area contributed by atoms with E-state index in [4.69, 9.17) is 0 Å². The quantitative estimate of drug-likeness (QED) is 0.726. The Labute approximate surface area is 149 Å². The third-order valence-electron chi connectivity index (χ3n) is 4.31. The molecule has 0 atom stereocenters. The van der Waals surface area contributed by atoms with Crippen LogP contribution in [0.15, 0.2) is 43.5 Å². The molecule has 3 rings (SSSR count). The van der Waals surface area contributed by atoms with Crippen molar-refractivity contribution in [1.29, 1.82) is 0 Å².